The fourth-order valence-corrected chi connectivity index (χ4v) is 2.26. The molecule has 0 aliphatic carbocycles. The van der Waals surface area contributed by atoms with Crippen LogP contribution < -0.4 is 19.5 Å². The van der Waals surface area contributed by atoms with Crippen molar-refractivity contribution in [1.29, 1.82) is 0 Å². The lowest BCUT2D eigenvalue weighted by Gasteiger charge is -2.13. The van der Waals surface area contributed by atoms with E-state index in [1.165, 1.54) is 13.2 Å². The quantitative estimate of drug-likeness (QED) is 0.658. The van der Waals surface area contributed by atoms with E-state index in [9.17, 15) is 9.59 Å². The van der Waals surface area contributed by atoms with Crippen molar-refractivity contribution in [2.75, 3.05) is 25.6 Å². The number of anilines is 1. The molecule has 2 aromatic rings. The van der Waals surface area contributed by atoms with Gasteiger partial charge in [0.15, 0.2) is 18.1 Å². The number of rotatable bonds is 9. The van der Waals surface area contributed by atoms with Gasteiger partial charge in [0.05, 0.1) is 19.4 Å². The minimum absolute atomic E-state index is 0.220. The number of carboxylic acids is 1. The summed E-state index contributed by atoms with van der Waals surface area (Å²) in [5.41, 5.74) is 1.19. The molecular formula is C20H21NO6. The van der Waals surface area contributed by atoms with E-state index < -0.39 is 5.97 Å². The standard InChI is InChI=1S/C20H21NO6/c1-3-26-18-12-14(9-11-20(23)24)8-10-17(18)27-13-19(22)21-15-6-4-5-7-16(15)25-2/h4-12H,3,13H2,1-2H3,(H,21,22)(H,23,24). The summed E-state index contributed by atoms with van der Waals surface area (Å²) in [5, 5.41) is 11.4. The molecule has 2 rings (SSSR count). The Bertz CT molecular complexity index is 831. The Morgan fingerprint density at radius 3 is 2.56 bits per heavy atom. The first-order chi connectivity index (χ1) is 13.0. The summed E-state index contributed by atoms with van der Waals surface area (Å²) in [5.74, 6) is -0.0249. The van der Waals surface area contributed by atoms with Crippen LogP contribution in [0.3, 0.4) is 0 Å². The zero-order valence-electron chi connectivity index (χ0n) is 15.1. The van der Waals surface area contributed by atoms with E-state index in [4.69, 9.17) is 19.3 Å². The van der Waals surface area contributed by atoms with Crippen molar-refractivity contribution >= 4 is 23.6 Å². The van der Waals surface area contributed by atoms with Crippen molar-refractivity contribution in [2.45, 2.75) is 6.92 Å². The van der Waals surface area contributed by atoms with Gasteiger partial charge >= 0.3 is 5.97 Å². The summed E-state index contributed by atoms with van der Waals surface area (Å²) in [6, 6.07) is 12.0. The van der Waals surface area contributed by atoms with Gasteiger partial charge in [-0.2, -0.15) is 0 Å². The van der Waals surface area contributed by atoms with E-state index in [-0.39, 0.29) is 12.5 Å². The predicted molar refractivity (Wildman–Crippen MR) is 101 cm³/mol. The van der Waals surface area contributed by atoms with Crippen LogP contribution in [0.1, 0.15) is 12.5 Å². The van der Waals surface area contributed by atoms with Crippen LogP contribution in [0.5, 0.6) is 17.2 Å². The van der Waals surface area contributed by atoms with E-state index >= 15 is 0 Å². The number of aliphatic carboxylic acids is 1. The normalized spacial score (nSPS) is 10.4. The third-order valence-corrected chi connectivity index (χ3v) is 3.43. The Kier molecular flexibility index (Phi) is 7.25. The number of carboxylic acid groups (broad SMARTS) is 1. The number of carbonyl (C=O) groups excluding carboxylic acids is 1. The molecule has 2 aromatic carbocycles. The largest absolute Gasteiger partial charge is 0.495 e. The van der Waals surface area contributed by atoms with Crippen molar-refractivity contribution in [3.63, 3.8) is 0 Å². The zero-order chi connectivity index (χ0) is 19.6. The number of nitrogens with one attached hydrogen (secondary N) is 1. The van der Waals surface area contributed by atoms with Crippen LogP contribution in [-0.2, 0) is 9.59 Å². The minimum Gasteiger partial charge on any atom is -0.495 e. The Morgan fingerprint density at radius 1 is 1.07 bits per heavy atom. The number of carbonyl (C=O) groups is 2. The summed E-state index contributed by atoms with van der Waals surface area (Å²) in [6.07, 6.45) is 2.48. The fourth-order valence-electron chi connectivity index (χ4n) is 2.26. The predicted octanol–water partition coefficient (Wildman–Crippen LogP) is 3.21. The summed E-state index contributed by atoms with van der Waals surface area (Å²) >= 11 is 0. The highest BCUT2D eigenvalue weighted by atomic mass is 16.5. The maximum absolute atomic E-state index is 12.2. The smallest absolute Gasteiger partial charge is 0.328 e. The highest BCUT2D eigenvalue weighted by Crippen LogP contribution is 2.29. The van der Waals surface area contributed by atoms with Gasteiger partial charge in [0.25, 0.3) is 5.91 Å². The average Bonchev–Trinajstić information content (AvgIpc) is 2.66. The molecule has 0 fully saturated rings. The molecule has 0 bridgehead atoms. The molecule has 0 saturated heterocycles. The van der Waals surface area contributed by atoms with Gasteiger partial charge in [-0.25, -0.2) is 4.79 Å². The summed E-state index contributed by atoms with van der Waals surface area (Å²) in [6.45, 7) is 2.00. The van der Waals surface area contributed by atoms with Crippen molar-refractivity contribution < 1.29 is 28.9 Å². The van der Waals surface area contributed by atoms with Crippen LogP contribution in [0.2, 0.25) is 0 Å². The first-order valence-electron chi connectivity index (χ1n) is 8.27. The summed E-state index contributed by atoms with van der Waals surface area (Å²) < 4.78 is 16.3. The van der Waals surface area contributed by atoms with Crippen LogP contribution >= 0.6 is 0 Å². The number of para-hydroxylation sites is 2. The second-order valence-corrected chi connectivity index (χ2v) is 5.35. The molecule has 0 saturated carbocycles. The van der Waals surface area contributed by atoms with Crippen LogP contribution in [0, 0.1) is 0 Å². The second-order valence-electron chi connectivity index (χ2n) is 5.35. The Hall–Kier alpha value is -3.48. The lowest BCUT2D eigenvalue weighted by atomic mass is 10.2. The maximum atomic E-state index is 12.2. The molecule has 0 atom stereocenters. The molecular weight excluding hydrogens is 350 g/mol. The Labute approximate surface area is 157 Å². The highest BCUT2D eigenvalue weighted by Gasteiger charge is 2.11. The lowest BCUT2D eigenvalue weighted by Crippen LogP contribution is -2.20. The van der Waals surface area contributed by atoms with E-state index in [0.29, 0.717) is 35.1 Å². The van der Waals surface area contributed by atoms with Crippen molar-refractivity contribution in [3.8, 4) is 17.2 Å². The third kappa shape index (κ3) is 6.07. The van der Waals surface area contributed by atoms with Crippen molar-refractivity contribution in [3.05, 3.63) is 54.1 Å². The number of hydrogen-bond acceptors (Lipinski definition) is 5. The molecule has 7 nitrogen and oxygen atoms in total. The molecule has 0 unspecified atom stereocenters. The van der Waals surface area contributed by atoms with Gasteiger partial charge in [-0.15, -0.1) is 0 Å². The molecule has 0 radical (unpaired) electrons. The van der Waals surface area contributed by atoms with Gasteiger partial charge in [-0.05, 0) is 42.8 Å². The van der Waals surface area contributed by atoms with Gasteiger partial charge in [-0.1, -0.05) is 18.2 Å². The number of ether oxygens (including phenoxy) is 3. The third-order valence-electron chi connectivity index (χ3n) is 3.43. The molecule has 0 aliphatic rings. The number of amides is 1. The summed E-state index contributed by atoms with van der Waals surface area (Å²) in [4.78, 5) is 22.8. The van der Waals surface area contributed by atoms with Crippen molar-refractivity contribution in [1.82, 2.24) is 0 Å². The number of benzene rings is 2. The summed E-state index contributed by atoms with van der Waals surface area (Å²) in [7, 11) is 1.52. The fraction of sp³-hybridized carbons (Fsp3) is 0.200. The maximum Gasteiger partial charge on any atom is 0.328 e. The zero-order valence-corrected chi connectivity index (χ0v) is 15.1. The molecule has 0 aliphatic heterocycles. The molecule has 0 aromatic heterocycles. The monoisotopic (exact) mass is 371 g/mol. The van der Waals surface area contributed by atoms with Gasteiger partial charge in [0.2, 0.25) is 0 Å². The highest BCUT2D eigenvalue weighted by molar-refractivity contribution is 5.93. The lowest BCUT2D eigenvalue weighted by molar-refractivity contribution is -0.131. The van der Waals surface area contributed by atoms with E-state index in [2.05, 4.69) is 5.32 Å². The molecule has 1 amide bonds. The Balaban J connectivity index is 2.05. The molecule has 142 valence electrons. The van der Waals surface area contributed by atoms with Crippen LogP contribution in [0.4, 0.5) is 5.69 Å². The molecule has 0 heterocycles. The van der Waals surface area contributed by atoms with Crippen LogP contribution in [0.15, 0.2) is 48.5 Å². The van der Waals surface area contributed by atoms with E-state index in [1.54, 1.807) is 42.5 Å². The number of methoxy groups -OCH3 is 1. The van der Waals surface area contributed by atoms with Crippen LogP contribution in [0.25, 0.3) is 6.08 Å². The molecule has 27 heavy (non-hydrogen) atoms. The van der Waals surface area contributed by atoms with E-state index in [0.717, 1.165) is 6.08 Å². The van der Waals surface area contributed by atoms with E-state index in [1.807, 2.05) is 6.92 Å². The molecule has 0 spiro atoms. The Morgan fingerprint density at radius 2 is 1.85 bits per heavy atom. The van der Waals surface area contributed by atoms with Gasteiger partial charge in [0, 0.05) is 6.08 Å². The average molecular weight is 371 g/mol. The second kappa shape index (κ2) is 9.86. The first kappa shape index (κ1) is 19.8. The van der Waals surface area contributed by atoms with Gasteiger partial charge in [-0.3, -0.25) is 4.79 Å². The molecule has 7 heteroatoms. The minimum atomic E-state index is -1.04. The van der Waals surface area contributed by atoms with Gasteiger partial charge < -0.3 is 24.6 Å². The van der Waals surface area contributed by atoms with Crippen molar-refractivity contribution in [2.24, 2.45) is 0 Å². The molecule has 2 N–H and O–H groups in total. The van der Waals surface area contributed by atoms with Gasteiger partial charge in [0.1, 0.15) is 5.75 Å². The first-order valence-corrected chi connectivity index (χ1v) is 8.27. The van der Waals surface area contributed by atoms with Crippen LogP contribution in [-0.4, -0.2) is 37.3 Å². The topological polar surface area (TPSA) is 94.1 Å². The SMILES string of the molecule is CCOc1cc(C=CC(=O)O)ccc1OCC(=O)Nc1ccccc1OC. The number of hydrogen-bond donors (Lipinski definition) is 2.